The Labute approximate surface area is 228 Å². The lowest BCUT2D eigenvalue weighted by Crippen LogP contribution is -2.36. The highest BCUT2D eigenvalue weighted by Crippen LogP contribution is 2.44. The minimum absolute atomic E-state index is 0.0101. The number of unbranched alkanes of at least 4 members (excludes halogenated alkanes) is 1. The molecule has 0 radical (unpaired) electrons. The number of thiazole rings is 1. The number of carbonyl (C=O) groups excluding carboxylic acids is 2. The number of fused-ring (bicyclic) bond motifs is 1. The van der Waals surface area contributed by atoms with E-state index in [9.17, 15) is 14.7 Å². The topological polar surface area (TPSA) is 117 Å². The van der Waals surface area contributed by atoms with E-state index in [0.29, 0.717) is 35.7 Å². The fourth-order valence-electron chi connectivity index (χ4n) is 5.04. The molecule has 1 atom stereocenters. The van der Waals surface area contributed by atoms with Crippen LogP contribution >= 0.6 is 11.3 Å². The average molecular weight is 542 g/mol. The predicted octanol–water partition coefficient (Wildman–Crippen LogP) is 6.49. The third-order valence-corrected chi connectivity index (χ3v) is 8.48. The molecule has 38 heavy (non-hydrogen) atoms. The number of anilines is 1. The Morgan fingerprint density at radius 1 is 1.18 bits per heavy atom. The van der Waals surface area contributed by atoms with Crippen LogP contribution in [0.25, 0.3) is 21.3 Å². The summed E-state index contributed by atoms with van der Waals surface area (Å²) in [6, 6.07) is 5.45. The Morgan fingerprint density at radius 3 is 2.55 bits per heavy atom. The largest absolute Gasteiger partial charge is 0.465 e. The van der Waals surface area contributed by atoms with Crippen molar-refractivity contribution in [1.82, 2.24) is 9.55 Å². The minimum Gasteiger partial charge on any atom is -0.465 e. The third kappa shape index (κ3) is 6.04. The lowest BCUT2D eigenvalue weighted by Gasteiger charge is -2.36. The number of esters is 1. The number of nitrogens with zero attached hydrogens (tertiary/aromatic N) is 2. The molecule has 1 aliphatic carbocycles. The molecule has 2 aromatic heterocycles. The first-order valence-electron chi connectivity index (χ1n) is 13.4. The highest BCUT2D eigenvalue weighted by Gasteiger charge is 2.40. The molecule has 0 saturated heterocycles. The fraction of sp³-hybridized carbons (Fsp3) is 0.552. The minimum atomic E-state index is -1.13. The van der Waals surface area contributed by atoms with Crippen LogP contribution in [0.2, 0.25) is 0 Å². The van der Waals surface area contributed by atoms with Crippen molar-refractivity contribution < 1.29 is 24.2 Å². The summed E-state index contributed by atoms with van der Waals surface area (Å²) < 4.78 is 12.5. The number of benzene rings is 1. The van der Waals surface area contributed by atoms with Crippen LogP contribution in [0.5, 0.6) is 0 Å². The second kappa shape index (κ2) is 11.1. The Morgan fingerprint density at radius 2 is 1.89 bits per heavy atom. The molecule has 1 saturated carbocycles. The van der Waals surface area contributed by atoms with Crippen molar-refractivity contribution in [3.05, 3.63) is 35.6 Å². The highest BCUT2D eigenvalue weighted by atomic mass is 32.1. The SMILES string of the molecule is CCCCOC(=O)C1CCC(C(C)(O)c2ncc(-c3cn(C(=O)OC(C)(C)C)c4cc(N)ccc34)s2)CC1. The van der Waals surface area contributed by atoms with Crippen LogP contribution in [0.3, 0.4) is 0 Å². The lowest BCUT2D eigenvalue weighted by molar-refractivity contribution is -0.151. The Kier molecular flexibility index (Phi) is 8.18. The summed E-state index contributed by atoms with van der Waals surface area (Å²) in [5, 5.41) is 13.0. The molecule has 1 unspecified atom stereocenters. The first-order valence-corrected chi connectivity index (χ1v) is 14.2. The molecule has 206 valence electrons. The zero-order valence-corrected chi connectivity index (χ0v) is 23.8. The zero-order valence-electron chi connectivity index (χ0n) is 23.0. The van der Waals surface area contributed by atoms with Gasteiger partial charge in [-0.15, -0.1) is 11.3 Å². The molecule has 9 heteroatoms. The predicted molar refractivity (Wildman–Crippen MR) is 150 cm³/mol. The van der Waals surface area contributed by atoms with Crippen molar-refractivity contribution in [2.45, 2.75) is 84.3 Å². The summed E-state index contributed by atoms with van der Waals surface area (Å²) in [6.07, 6.45) is 7.75. The van der Waals surface area contributed by atoms with Crippen molar-refractivity contribution in [2.24, 2.45) is 11.8 Å². The van der Waals surface area contributed by atoms with Crippen LogP contribution < -0.4 is 5.73 Å². The molecule has 1 aliphatic rings. The molecule has 0 aliphatic heterocycles. The van der Waals surface area contributed by atoms with E-state index in [1.54, 1.807) is 24.5 Å². The summed E-state index contributed by atoms with van der Waals surface area (Å²) in [6.45, 7) is 9.83. The number of aliphatic hydroxyl groups is 1. The molecule has 4 rings (SSSR count). The van der Waals surface area contributed by atoms with Gasteiger partial charge in [0.2, 0.25) is 0 Å². The Balaban J connectivity index is 1.54. The molecule has 2 heterocycles. The van der Waals surface area contributed by atoms with Crippen molar-refractivity contribution in [2.75, 3.05) is 12.3 Å². The van der Waals surface area contributed by atoms with Crippen molar-refractivity contribution in [3.8, 4) is 10.4 Å². The quantitative estimate of drug-likeness (QED) is 0.199. The van der Waals surface area contributed by atoms with Crippen LogP contribution in [0.1, 0.15) is 78.2 Å². The average Bonchev–Trinajstić information content (AvgIpc) is 3.48. The number of aromatic nitrogens is 2. The number of hydrogen-bond donors (Lipinski definition) is 2. The maximum absolute atomic E-state index is 13.0. The van der Waals surface area contributed by atoms with Crippen molar-refractivity contribution in [1.29, 1.82) is 0 Å². The summed E-state index contributed by atoms with van der Waals surface area (Å²) >= 11 is 1.42. The monoisotopic (exact) mass is 541 g/mol. The highest BCUT2D eigenvalue weighted by molar-refractivity contribution is 7.15. The van der Waals surface area contributed by atoms with Gasteiger partial charge >= 0.3 is 12.1 Å². The van der Waals surface area contributed by atoms with Gasteiger partial charge < -0.3 is 20.3 Å². The van der Waals surface area contributed by atoms with E-state index in [-0.39, 0.29) is 17.8 Å². The zero-order chi connectivity index (χ0) is 27.7. The van der Waals surface area contributed by atoms with Gasteiger partial charge in [-0.3, -0.25) is 9.36 Å². The van der Waals surface area contributed by atoms with Crippen LogP contribution in [0.15, 0.2) is 30.6 Å². The summed E-state index contributed by atoms with van der Waals surface area (Å²) in [5.74, 6) is -0.226. The van der Waals surface area contributed by atoms with Gasteiger partial charge in [-0.2, -0.15) is 0 Å². The van der Waals surface area contributed by atoms with E-state index in [1.165, 1.54) is 15.9 Å². The van der Waals surface area contributed by atoms with Crippen LogP contribution in [-0.4, -0.2) is 38.9 Å². The van der Waals surface area contributed by atoms with Gasteiger partial charge in [0.15, 0.2) is 0 Å². The maximum Gasteiger partial charge on any atom is 0.419 e. The van der Waals surface area contributed by atoms with Crippen LogP contribution in [0.4, 0.5) is 10.5 Å². The van der Waals surface area contributed by atoms with Gasteiger partial charge in [0.1, 0.15) is 16.2 Å². The smallest absolute Gasteiger partial charge is 0.419 e. The van der Waals surface area contributed by atoms with E-state index in [1.807, 2.05) is 33.8 Å². The molecule has 0 spiro atoms. The second-order valence-electron chi connectivity index (χ2n) is 11.4. The molecule has 3 N–H and O–H groups in total. The van der Waals surface area contributed by atoms with E-state index >= 15 is 0 Å². The third-order valence-electron chi connectivity index (χ3n) is 7.22. The van der Waals surface area contributed by atoms with Crippen molar-refractivity contribution in [3.63, 3.8) is 0 Å². The van der Waals surface area contributed by atoms with Gasteiger partial charge in [0, 0.05) is 29.0 Å². The van der Waals surface area contributed by atoms with E-state index in [4.69, 9.17) is 15.2 Å². The first kappa shape index (κ1) is 28.1. The molecule has 3 aromatic rings. The first-order chi connectivity index (χ1) is 17.9. The van der Waals surface area contributed by atoms with E-state index in [2.05, 4.69) is 11.9 Å². The molecule has 1 fully saturated rings. The van der Waals surface area contributed by atoms with Gasteiger partial charge in [0.05, 0.1) is 22.9 Å². The maximum atomic E-state index is 13.0. The number of nitrogens with two attached hydrogens (primary N) is 1. The second-order valence-corrected chi connectivity index (χ2v) is 12.4. The standard InChI is InChI=1S/C29H39N3O5S/c1-6-7-14-36-25(33)18-8-10-19(11-9-18)29(5,35)26-31-16-24(38-26)22-17-32(27(34)37-28(2,3)4)23-15-20(30)12-13-21(22)23/h12-13,15-19,35H,6-11,14,30H2,1-5H3. The molecular formula is C29H39N3O5S. The summed E-state index contributed by atoms with van der Waals surface area (Å²) in [7, 11) is 0. The molecule has 8 nitrogen and oxygen atoms in total. The van der Waals surface area contributed by atoms with Crippen molar-refractivity contribution >= 4 is 40.0 Å². The molecular weight excluding hydrogens is 502 g/mol. The summed E-state index contributed by atoms with van der Waals surface area (Å²) in [5.41, 5.74) is 6.28. The lowest BCUT2D eigenvalue weighted by atomic mass is 9.74. The van der Waals surface area contributed by atoms with Crippen LogP contribution in [-0.2, 0) is 19.9 Å². The Bertz CT molecular complexity index is 1300. The molecule has 0 amide bonds. The number of ether oxygens (including phenoxy) is 2. The fourth-order valence-corrected chi connectivity index (χ4v) is 6.10. The summed E-state index contributed by atoms with van der Waals surface area (Å²) in [4.78, 5) is 30.8. The van der Waals surface area contributed by atoms with Gasteiger partial charge in [0.25, 0.3) is 0 Å². The number of rotatable bonds is 7. The normalized spacial score (nSPS) is 19.7. The number of hydrogen-bond acceptors (Lipinski definition) is 8. The molecule has 1 aromatic carbocycles. The van der Waals surface area contributed by atoms with Gasteiger partial charge in [-0.25, -0.2) is 9.78 Å². The van der Waals surface area contributed by atoms with Gasteiger partial charge in [-0.05, 0) is 77.8 Å². The number of nitrogen functional groups attached to an aromatic ring is 1. The van der Waals surface area contributed by atoms with Crippen LogP contribution in [0, 0.1) is 11.8 Å². The van der Waals surface area contributed by atoms with E-state index in [0.717, 1.165) is 41.5 Å². The van der Waals surface area contributed by atoms with Gasteiger partial charge in [-0.1, -0.05) is 19.4 Å². The molecule has 0 bridgehead atoms. The Hall–Kier alpha value is -2.91. The van der Waals surface area contributed by atoms with E-state index < -0.39 is 17.3 Å². The number of carbonyl (C=O) groups is 2.